The van der Waals surface area contributed by atoms with Gasteiger partial charge in [0.25, 0.3) is 0 Å². The van der Waals surface area contributed by atoms with E-state index < -0.39 is 5.97 Å². The maximum absolute atomic E-state index is 11.6. The van der Waals surface area contributed by atoms with Crippen LogP contribution in [0, 0.1) is 0 Å². The van der Waals surface area contributed by atoms with Gasteiger partial charge in [-0.05, 0) is 61.3 Å². The number of nitrogens with zero attached hydrogens (tertiary/aromatic N) is 4. The number of hydrogen-bond acceptors (Lipinski definition) is 8. The smallest absolute Gasteiger partial charge is 0.335 e. The van der Waals surface area contributed by atoms with E-state index in [2.05, 4.69) is 27.7 Å². The largest absolute Gasteiger partial charge is 0.478 e. The summed E-state index contributed by atoms with van der Waals surface area (Å²) in [6, 6.07) is 18.8. The predicted molar refractivity (Wildman–Crippen MR) is 160 cm³/mol. The molecule has 10 heteroatoms. The Morgan fingerprint density at radius 3 is 2.70 bits per heavy atom. The summed E-state index contributed by atoms with van der Waals surface area (Å²) >= 11 is 0. The van der Waals surface area contributed by atoms with E-state index in [1.165, 1.54) is 0 Å². The Bertz CT molecular complexity index is 1580. The van der Waals surface area contributed by atoms with Crippen LogP contribution in [0.1, 0.15) is 46.2 Å². The third-order valence-electron chi connectivity index (χ3n) is 7.89. The van der Waals surface area contributed by atoms with Gasteiger partial charge in [-0.1, -0.05) is 30.4 Å². The summed E-state index contributed by atoms with van der Waals surface area (Å²) in [5.74, 6) is 1.50. The number of aromatic nitrogens is 3. The molecule has 4 heterocycles. The van der Waals surface area contributed by atoms with E-state index >= 15 is 0 Å². The molecule has 0 radical (unpaired) electrons. The van der Waals surface area contributed by atoms with Crippen molar-refractivity contribution in [1.82, 2.24) is 19.4 Å². The van der Waals surface area contributed by atoms with Crippen molar-refractivity contribution in [3.63, 3.8) is 0 Å². The summed E-state index contributed by atoms with van der Waals surface area (Å²) in [7, 11) is 1.59. The Hall–Kier alpha value is -4.25. The number of hydrogen-bond donors (Lipinski definition) is 1. The molecule has 10 nitrogen and oxygen atoms in total. The minimum atomic E-state index is -0.939. The van der Waals surface area contributed by atoms with Crippen LogP contribution in [0.2, 0.25) is 0 Å². The van der Waals surface area contributed by atoms with Crippen LogP contribution in [-0.2, 0) is 29.2 Å². The van der Waals surface area contributed by atoms with Crippen molar-refractivity contribution in [3.05, 3.63) is 95.5 Å². The van der Waals surface area contributed by atoms with Crippen LogP contribution in [0.25, 0.3) is 11.0 Å². The fraction of sp³-hybridized carbons (Fsp3) is 0.364. The molecule has 2 aromatic heterocycles. The fourth-order valence-corrected chi connectivity index (χ4v) is 5.42. The van der Waals surface area contributed by atoms with E-state index in [1.54, 1.807) is 25.3 Å². The molecule has 4 aromatic rings. The van der Waals surface area contributed by atoms with Crippen molar-refractivity contribution in [1.29, 1.82) is 0 Å². The summed E-state index contributed by atoms with van der Waals surface area (Å²) in [4.78, 5) is 23.7. The molecule has 2 aromatic carbocycles. The minimum absolute atomic E-state index is 0.132. The lowest BCUT2D eigenvalue weighted by Crippen LogP contribution is -2.33. The number of aromatic carboxylic acids is 1. The lowest BCUT2D eigenvalue weighted by molar-refractivity contribution is -0.0591. The third kappa shape index (κ3) is 7.05. The van der Waals surface area contributed by atoms with Gasteiger partial charge in [0.15, 0.2) is 6.79 Å². The molecular formula is C33H36N4O6. The number of rotatable bonds is 12. The van der Waals surface area contributed by atoms with Crippen LogP contribution < -0.4 is 9.47 Å². The summed E-state index contributed by atoms with van der Waals surface area (Å²) in [6.45, 7) is 4.38. The van der Waals surface area contributed by atoms with Gasteiger partial charge in [0, 0.05) is 32.2 Å². The molecule has 1 saturated heterocycles. The van der Waals surface area contributed by atoms with Crippen molar-refractivity contribution in [2.45, 2.75) is 44.6 Å². The molecule has 0 bridgehead atoms. The average Bonchev–Trinajstić information content (AvgIpc) is 3.16. The number of carboxylic acid groups (broad SMARTS) is 1. The van der Waals surface area contributed by atoms with E-state index in [1.807, 2.05) is 36.4 Å². The molecule has 0 amide bonds. The maximum atomic E-state index is 11.6. The van der Waals surface area contributed by atoms with Crippen LogP contribution in [0.3, 0.4) is 0 Å². The molecule has 2 unspecified atom stereocenters. The van der Waals surface area contributed by atoms with Crippen molar-refractivity contribution in [2.24, 2.45) is 0 Å². The van der Waals surface area contributed by atoms with Gasteiger partial charge in [-0.2, -0.15) is 0 Å². The highest BCUT2D eigenvalue weighted by molar-refractivity contribution is 5.92. The van der Waals surface area contributed by atoms with Crippen LogP contribution in [0.4, 0.5) is 0 Å². The lowest BCUT2D eigenvalue weighted by atomic mass is 10.0. The number of allylic oxidation sites excluding steroid dienone is 1. The first-order valence-electron chi connectivity index (χ1n) is 14.6. The highest BCUT2D eigenvalue weighted by atomic mass is 16.7. The normalized spacial score (nSPS) is 18.7. The first kappa shape index (κ1) is 28.9. The van der Waals surface area contributed by atoms with E-state index in [9.17, 15) is 9.90 Å². The highest BCUT2D eigenvalue weighted by Crippen LogP contribution is 2.27. The van der Waals surface area contributed by atoms with Crippen molar-refractivity contribution in [2.75, 3.05) is 33.6 Å². The molecule has 224 valence electrons. The van der Waals surface area contributed by atoms with Gasteiger partial charge >= 0.3 is 5.97 Å². The number of pyridine rings is 1. The molecule has 1 N–H and O–H groups in total. The van der Waals surface area contributed by atoms with Gasteiger partial charge in [0.2, 0.25) is 5.88 Å². The maximum Gasteiger partial charge on any atom is 0.335 e. The number of ether oxygens (including phenoxy) is 4. The van der Waals surface area contributed by atoms with Gasteiger partial charge in [0.05, 0.1) is 41.5 Å². The van der Waals surface area contributed by atoms with Crippen molar-refractivity contribution in [3.8, 4) is 11.6 Å². The molecule has 43 heavy (non-hydrogen) atoms. The topological polar surface area (TPSA) is 108 Å². The van der Waals surface area contributed by atoms with Gasteiger partial charge < -0.3 is 28.6 Å². The first-order chi connectivity index (χ1) is 21.1. The number of methoxy groups -OCH3 is 1. The summed E-state index contributed by atoms with van der Waals surface area (Å²) in [6.07, 6.45) is 6.47. The monoisotopic (exact) mass is 584 g/mol. The third-order valence-corrected chi connectivity index (χ3v) is 7.89. The molecule has 0 saturated carbocycles. The lowest BCUT2D eigenvalue weighted by Gasteiger charge is -2.28. The number of carbonyl (C=O) groups is 1. The summed E-state index contributed by atoms with van der Waals surface area (Å²) in [5.41, 5.74) is 3.91. The first-order valence-corrected chi connectivity index (χ1v) is 14.6. The average molecular weight is 585 g/mol. The standard InChI is InChI=1S/C33H36N4O6/c1-40-22-43-26-10-7-23(8-11-26)21-42-32-6-2-5-28(35-32)24-4-3-15-36(16-13-24)20-31-34-29-12-9-25(33(38)39)18-30(29)37(31)19-27-14-17-41-27/h2-12,18,24,27H,13-17,19-22H2,1H3,(H,38,39). The summed E-state index contributed by atoms with van der Waals surface area (Å²) in [5, 5.41) is 9.53. The molecular weight excluding hydrogens is 548 g/mol. The Morgan fingerprint density at radius 2 is 1.93 bits per heavy atom. The predicted octanol–water partition coefficient (Wildman–Crippen LogP) is 5.03. The van der Waals surface area contributed by atoms with E-state index in [-0.39, 0.29) is 24.4 Å². The molecule has 1 fully saturated rings. The van der Waals surface area contributed by atoms with Gasteiger partial charge in [-0.15, -0.1) is 0 Å². The number of imidazole rings is 1. The van der Waals surface area contributed by atoms with Gasteiger partial charge in [0.1, 0.15) is 18.2 Å². The SMILES string of the molecule is COCOc1ccc(COc2cccc(C3C=CCN(Cc4nc5ccc(C(=O)O)cc5n4CC4CCO4)CC3)n2)cc1. The van der Waals surface area contributed by atoms with Crippen LogP contribution in [0.15, 0.2) is 72.8 Å². The number of benzene rings is 2. The molecule has 6 rings (SSSR count). The Kier molecular flexibility index (Phi) is 8.97. The number of fused-ring (bicyclic) bond motifs is 1. The highest BCUT2D eigenvalue weighted by Gasteiger charge is 2.24. The molecule has 2 aliphatic rings. The Balaban J connectivity index is 1.10. The number of carboxylic acids is 1. The van der Waals surface area contributed by atoms with Crippen LogP contribution >= 0.6 is 0 Å². The van der Waals surface area contributed by atoms with E-state index in [0.717, 1.165) is 66.4 Å². The molecule has 0 spiro atoms. The van der Waals surface area contributed by atoms with Crippen molar-refractivity contribution < 1.29 is 28.8 Å². The fourth-order valence-electron chi connectivity index (χ4n) is 5.42. The van der Waals surface area contributed by atoms with Crippen LogP contribution in [-0.4, -0.2) is 70.2 Å². The zero-order valence-corrected chi connectivity index (χ0v) is 24.2. The van der Waals surface area contributed by atoms with Crippen LogP contribution in [0.5, 0.6) is 11.6 Å². The second-order valence-electron chi connectivity index (χ2n) is 10.9. The van der Waals surface area contributed by atoms with E-state index in [4.69, 9.17) is 28.9 Å². The zero-order chi connectivity index (χ0) is 29.6. The molecule has 0 aliphatic carbocycles. The van der Waals surface area contributed by atoms with Gasteiger partial charge in [-0.25, -0.2) is 14.8 Å². The zero-order valence-electron chi connectivity index (χ0n) is 24.2. The minimum Gasteiger partial charge on any atom is -0.478 e. The quantitative estimate of drug-likeness (QED) is 0.181. The summed E-state index contributed by atoms with van der Waals surface area (Å²) < 4.78 is 24.3. The second-order valence-corrected chi connectivity index (χ2v) is 10.9. The Morgan fingerprint density at radius 1 is 1.07 bits per heavy atom. The Labute approximate surface area is 250 Å². The van der Waals surface area contributed by atoms with Gasteiger partial charge in [-0.3, -0.25) is 4.90 Å². The molecule has 2 atom stereocenters. The van der Waals surface area contributed by atoms with Crippen molar-refractivity contribution >= 4 is 17.0 Å². The second kappa shape index (κ2) is 13.4. The van der Waals surface area contributed by atoms with E-state index in [0.29, 0.717) is 25.6 Å². The molecule has 2 aliphatic heterocycles.